The lowest BCUT2D eigenvalue weighted by molar-refractivity contribution is -0.218. The molecule has 6 nitrogen and oxygen atoms in total. The fourth-order valence-corrected chi connectivity index (χ4v) is 2.51. The summed E-state index contributed by atoms with van der Waals surface area (Å²) in [5, 5.41) is 10.2. The second-order valence-electron chi connectivity index (χ2n) is 5.60. The van der Waals surface area contributed by atoms with Gasteiger partial charge in [-0.15, -0.1) is 0 Å². The summed E-state index contributed by atoms with van der Waals surface area (Å²) in [5.74, 6) is -1.23. The van der Waals surface area contributed by atoms with E-state index in [1.54, 1.807) is 38.1 Å². The first-order chi connectivity index (χ1) is 9.96. The fourth-order valence-electron chi connectivity index (χ4n) is 2.51. The molecule has 2 fully saturated rings. The molecule has 6 heteroatoms. The highest BCUT2D eigenvalue weighted by atomic mass is 16.8. The molecule has 1 N–H and O–H groups in total. The Balaban J connectivity index is 1.55. The Morgan fingerprint density at radius 3 is 2.67 bits per heavy atom. The van der Waals surface area contributed by atoms with Crippen molar-refractivity contribution in [3.05, 3.63) is 35.9 Å². The van der Waals surface area contributed by atoms with Gasteiger partial charge in [0.2, 0.25) is 0 Å². The van der Waals surface area contributed by atoms with E-state index in [9.17, 15) is 9.90 Å². The third-order valence-electron chi connectivity index (χ3n) is 3.50. The van der Waals surface area contributed by atoms with Gasteiger partial charge < -0.3 is 24.1 Å². The number of aliphatic hydroxyl groups is 1. The number of hydrogen-bond acceptors (Lipinski definition) is 6. The van der Waals surface area contributed by atoms with Crippen LogP contribution in [0.3, 0.4) is 0 Å². The number of carbonyl (C=O) groups excluding carboxylic acids is 1. The zero-order chi connectivity index (χ0) is 15.0. The zero-order valence-electron chi connectivity index (χ0n) is 11.9. The summed E-state index contributed by atoms with van der Waals surface area (Å²) in [7, 11) is 0. The molecule has 2 aliphatic heterocycles. The van der Waals surface area contributed by atoms with Crippen molar-refractivity contribution < 1.29 is 28.8 Å². The molecule has 0 bridgehead atoms. The van der Waals surface area contributed by atoms with Gasteiger partial charge in [-0.1, -0.05) is 18.2 Å². The van der Waals surface area contributed by atoms with E-state index in [4.69, 9.17) is 18.9 Å². The average Bonchev–Trinajstić information content (AvgIpc) is 2.91. The van der Waals surface area contributed by atoms with E-state index in [2.05, 4.69) is 0 Å². The van der Waals surface area contributed by atoms with Crippen LogP contribution in [-0.2, 0) is 18.9 Å². The van der Waals surface area contributed by atoms with Crippen LogP contribution in [0.25, 0.3) is 0 Å². The predicted molar refractivity (Wildman–Crippen MR) is 71.4 cm³/mol. The van der Waals surface area contributed by atoms with Crippen LogP contribution in [0.2, 0.25) is 0 Å². The van der Waals surface area contributed by atoms with Gasteiger partial charge in [0.05, 0.1) is 5.56 Å². The third-order valence-corrected chi connectivity index (χ3v) is 3.50. The van der Waals surface area contributed by atoms with Gasteiger partial charge in [-0.3, -0.25) is 0 Å². The molecule has 0 radical (unpaired) electrons. The van der Waals surface area contributed by atoms with E-state index in [0.717, 1.165) is 0 Å². The molecule has 1 aromatic rings. The van der Waals surface area contributed by atoms with Gasteiger partial charge in [-0.25, -0.2) is 4.79 Å². The van der Waals surface area contributed by atoms with Crippen molar-refractivity contribution in [2.75, 3.05) is 6.61 Å². The number of benzene rings is 1. The molecular weight excluding hydrogens is 276 g/mol. The monoisotopic (exact) mass is 294 g/mol. The lowest BCUT2D eigenvalue weighted by atomic mass is 10.1. The molecule has 4 atom stereocenters. The van der Waals surface area contributed by atoms with E-state index in [1.807, 2.05) is 6.07 Å². The van der Waals surface area contributed by atoms with Crippen LogP contribution in [-0.4, -0.2) is 48.1 Å². The molecule has 2 aliphatic rings. The van der Waals surface area contributed by atoms with Crippen molar-refractivity contribution in [2.24, 2.45) is 0 Å². The van der Waals surface area contributed by atoms with Crippen LogP contribution >= 0.6 is 0 Å². The van der Waals surface area contributed by atoms with Crippen molar-refractivity contribution in [3.8, 4) is 0 Å². The molecule has 0 saturated carbocycles. The SMILES string of the molecule is CC1(C)O[C@@H]2O[C@H](COC(=O)c3ccccc3)[C@@H](O)[C@H]2O1. The maximum atomic E-state index is 11.8. The number of aliphatic hydroxyl groups excluding tert-OH is 1. The Morgan fingerprint density at radius 1 is 1.29 bits per heavy atom. The maximum Gasteiger partial charge on any atom is 0.338 e. The quantitative estimate of drug-likeness (QED) is 0.841. The van der Waals surface area contributed by atoms with Crippen LogP contribution < -0.4 is 0 Å². The van der Waals surface area contributed by atoms with Crippen molar-refractivity contribution in [1.29, 1.82) is 0 Å². The van der Waals surface area contributed by atoms with Crippen molar-refractivity contribution in [2.45, 2.75) is 44.2 Å². The number of hydrogen-bond donors (Lipinski definition) is 1. The van der Waals surface area contributed by atoms with E-state index in [1.165, 1.54) is 0 Å². The van der Waals surface area contributed by atoms with Gasteiger partial charge in [0.25, 0.3) is 0 Å². The molecule has 2 saturated heterocycles. The minimum absolute atomic E-state index is 0.0466. The molecule has 0 aliphatic carbocycles. The van der Waals surface area contributed by atoms with Gasteiger partial charge in [0.15, 0.2) is 12.1 Å². The number of carbonyl (C=O) groups is 1. The van der Waals surface area contributed by atoms with Gasteiger partial charge >= 0.3 is 5.97 Å². The Labute approximate surface area is 122 Å². The summed E-state index contributed by atoms with van der Waals surface area (Å²) >= 11 is 0. The first kappa shape index (κ1) is 14.5. The second-order valence-corrected chi connectivity index (χ2v) is 5.60. The summed E-state index contributed by atoms with van der Waals surface area (Å²) in [6.45, 7) is 3.46. The largest absolute Gasteiger partial charge is 0.459 e. The van der Waals surface area contributed by atoms with E-state index < -0.39 is 36.4 Å². The van der Waals surface area contributed by atoms with Crippen molar-refractivity contribution in [3.63, 3.8) is 0 Å². The molecule has 21 heavy (non-hydrogen) atoms. The van der Waals surface area contributed by atoms with Crippen molar-refractivity contribution in [1.82, 2.24) is 0 Å². The number of fused-ring (bicyclic) bond motifs is 1. The minimum Gasteiger partial charge on any atom is -0.459 e. The summed E-state index contributed by atoms with van der Waals surface area (Å²) in [6.07, 6.45) is -2.72. The lowest BCUT2D eigenvalue weighted by Gasteiger charge is -2.22. The molecule has 0 amide bonds. The molecule has 0 aromatic heterocycles. The summed E-state index contributed by atoms with van der Waals surface area (Å²) in [4.78, 5) is 11.8. The first-order valence-corrected chi connectivity index (χ1v) is 6.88. The third kappa shape index (κ3) is 2.94. The Kier molecular flexibility index (Phi) is 3.71. The first-order valence-electron chi connectivity index (χ1n) is 6.88. The highest BCUT2D eigenvalue weighted by molar-refractivity contribution is 5.89. The van der Waals surface area contributed by atoms with Crippen LogP contribution in [0.15, 0.2) is 30.3 Å². The summed E-state index contributed by atoms with van der Waals surface area (Å²) in [6, 6.07) is 8.66. The molecular formula is C15H18O6. The average molecular weight is 294 g/mol. The molecule has 1 aromatic carbocycles. The van der Waals surface area contributed by atoms with Crippen LogP contribution in [0.5, 0.6) is 0 Å². The van der Waals surface area contributed by atoms with E-state index in [0.29, 0.717) is 5.56 Å². The highest BCUT2D eigenvalue weighted by Gasteiger charge is 2.54. The van der Waals surface area contributed by atoms with Gasteiger partial charge in [-0.2, -0.15) is 0 Å². The lowest BCUT2D eigenvalue weighted by Crippen LogP contribution is -2.37. The second kappa shape index (κ2) is 5.38. The smallest absolute Gasteiger partial charge is 0.338 e. The molecule has 114 valence electrons. The Hall–Kier alpha value is -1.47. The normalized spacial score (nSPS) is 33.7. The van der Waals surface area contributed by atoms with Gasteiger partial charge in [-0.05, 0) is 26.0 Å². The minimum atomic E-state index is -0.889. The van der Waals surface area contributed by atoms with Crippen LogP contribution in [0.4, 0.5) is 0 Å². The maximum absolute atomic E-state index is 11.8. The van der Waals surface area contributed by atoms with Gasteiger partial charge in [0, 0.05) is 0 Å². The number of rotatable bonds is 3. The highest BCUT2D eigenvalue weighted by Crippen LogP contribution is 2.37. The Morgan fingerprint density at radius 2 is 2.00 bits per heavy atom. The van der Waals surface area contributed by atoms with Gasteiger partial charge in [0.1, 0.15) is 24.9 Å². The molecule has 0 unspecified atom stereocenters. The van der Waals surface area contributed by atoms with Crippen LogP contribution in [0.1, 0.15) is 24.2 Å². The molecule has 3 rings (SSSR count). The molecule has 2 heterocycles. The van der Waals surface area contributed by atoms with E-state index in [-0.39, 0.29) is 6.61 Å². The molecule has 0 spiro atoms. The van der Waals surface area contributed by atoms with Crippen molar-refractivity contribution >= 4 is 5.97 Å². The summed E-state index contributed by atoms with van der Waals surface area (Å²) in [5.41, 5.74) is 0.457. The Bertz CT molecular complexity index is 514. The van der Waals surface area contributed by atoms with Crippen LogP contribution in [0, 0.1) is 0 Å². The number of ether oxygens (including phenoxy) is 4. The fraction of sp³-hybridized carbons (Fsp3) is 0.533. The summed E-state index contributed by atoms with van der Waals surface area (Å²) < 4.78 is 21.8. The predicted octanol–water partition coefficient (Wildman–Crippen LogP) is 1.08. The standard InChI is InChI=1S/C15H18O6/c1-15(2)20-12-11(16)10(19-14(12)21-15)8-18-13(17)9-6-4-3-5-7-9/h3-7,10-12,14,16H,8H2,1-2H3/t10-,11-,12-,14+/m1/s1. The zero-order valence-corrected chi connectivity index (χ0v) is 11.9. The topological polar surface area (TPSA) is 74.2 Å². The van der Waals surface area contributed by atoms with E-state index >= 15 is 0 Å². The number of esters is 1.